The van der Waals surface area contributed by atoms with E-state index in [9.17, 15) is 9.59 Å². The molecule has 1 aromatic carbocycles. The zero-order valence-electron chi connectivity index (χ0n) is 12.4. The number of carboxylic acid groups (broad SMARTS) is 1. The molecule has 0 bridgehead atoms. The van der Waals surface area contributed by atoms with Crippen molar-refractivity contribution >= 4 is 23.6 Å². The first-order valence-electron chi connectivity index (χ1n) is 7.24. The van der Waals surface area contributed by atoms with Crippen LogP contribution in [0.25, 0.3) is 0 Å². The van der Waals surface area contributed by atoms with Gasteiger partial charge in [0.05, 0.1) is 5.75 Å². The minimum Gasteiger partial charge on any atom is -0.480 e. The van der Waals surface area contributed by atoms with Crippen LogP contribution >= 0.6 is 11.8 Å². The van der Waals surface area contributed by atoms with Crippen molar-refractivity contribution in [3.63, 3.8) is 0 Å². The van der Waals surface area contributed by atoms with Crippen LogP contribution < -0.4 is 5.32 Å². The topological polar surface area (TPSA) is 66.4 Å². The van der Waals surface area contributed by atoms with Crippen LogP contribution in [-0.2, 0) is 22.4 Å². The predicted octanol–water partition coefficient (Wildman–Crippen LogP) is 2.49. The van der Waals surface area contributed by atoms with Gasteiger partial charge < -0.3 is 10.4 Å². The Hall–Kier alpha value is -1.49. The van der Waals surface area contributed by atoms with Gasteiger partial charge in [-0.25, -0.2) is 4.79 Å². The van der Waals surface area contributed by atoms with Gasteiger partial charge in [0.25, 0.3) is 0 Å². The van der Waals surface area contributed by atoms with Gasteiger partial charge in [-0.2, -0.15) is 0 Å². The van der Waals surface area contributed by atoms with Crippen molar-refractivity contribution in [3.05, 3.63) is 29.3 Å². The SMILES string of the molecule is CC(C)C(NC(=O)CSc1ccc2c(c1)CCC2)C(=O)O. The van der Waals surface area contributed by atoms with Crippen LogP contribution in [0.15, 0.2) is 23.1 Å². The molecule has 1 aromatic rings. The summed E-state index contributed by atoms with van der Waals surface area (Å²) in [6.45, 7) is 3.57. The molecule has 21 heavy (non-hydrogen) atoms. The van der Waals surface area contributed by atoms with Crippen LogP contribution in [0.4, 0.5) is 0 Å². The van der Waals surface area contributed by atoms with E-state index in [0.717, 1.165) is 17.7 Å². The van der Waals surface area contributed by atoms with E-state index in [2.05, 4.69) is 17.4 Å². The number of nitrogens with one attached hydrogen (secondary N) is 1. The quantitative estimate of drug-likeness (QED) is 0.793. The van der Waals surface area contributed by atoms with Gasteiger partial charge >= 0.3 is 5.97 Å². The predicted molar refractivity (Wildman–Crippen MR) is 83.6 cm³/mol. The first-order valence-corrected chi connectivity index (χ1v) is 8.22. The summed E-state index contributed by atoms with van der Waals surface area (Å²) in [5.41, 5.74) is 2.79. The Kier molecular flexibility index (Phi) is 5.28. The molecule has 0 aromatic heterocycles. The van der Waals surface area contributed by atoms with E-state index < -0.39 is 12.0 Å². The van der Waals surface area contributed by atoms with Crippen molar-refractivity contribution in [1.29, 1.82) is 0 Å². The molecule has 0 radical (unpaired) electrons. The van der Waals surface area contributed by atoms with Gasteiger partial charge in [0.2, 0.25) is 5.91 Å². The fourth-order valence-electron chi connectivity index (χ4n) is 2.52. The molecule has 2 N–H and O–H groups in total. The third kappa shape index (κ3) is 4.24. The first-order chi connectivity index (χ1) is 9.97. The maximum Gasteiger partial charge on any atom is 0.326 e. The Morgan fingerprint density at radius 3 is 2.67 bits per heavy atom. The number of rotatable bonds is 6. The molecule has 5 heteroatoms. The Balaban J connectivity index is 1.88. The minimum absolute atomic E-state index is 0.128. The van der Waals surface area contributed by atoms with Crippen LogP contribution in [0, 0.1) is 5.92 Å². The van der Waals surface area contributed by atoms with Gasteiger partial charge in [-0.3, -0.25) is 4.79 Å². The van der Waals surface area contributed by atoms with Gasteiger partial charge in [-0.15, -0.1) is 11.8 Å². The number of thioether (sulfide) groups is 1. The summed E-state index contributed by atoms with van der Waals surface area (Å²) in [5.74, 6) is -1.10. The standard InChI is InChI=1S/C16H21NO3S/c1-10(2)15(16(19)20)17-14(18)9-21-13-7-6-11-4-3-5-12(11)8-13/h6-8,10,15H,3-5,9H2,1-2H3,(H,17,18)(H,19,20). The molecule has 4 nitrogen and oxygen atoms in total. The second kappa shape index (κ2) is 6.98. The Morgan fingerprint density at radius 1 is 1.29 bits per heavy atom. The molecule has 1 aliphatic carbocycles. The molecule has 1 amide bonds. The van der Waals surface area contributed by atoms with E-state index in [1.54, 1.807) is 13.8 Å². The van der Waals surface area contributed by atoms with E-state index in [-0.39, 0.29) is 17.6 Å². The molecular formula is C16H21NO3S. The van der Waals surface area contributed by atoms with Gasteiger partial charge in [-0.1, -0.05) is 19.9 Å². The zero-order chi connectivity index (χ0) is 15.4. The highest BCUT2D eigenvalue weighted by Gasteiger charge is 2.23. The van der Waals surface area contributed by atoms with Crippen LogP contribution in [0.5, 0.6) is 0 Å². The van der Waals surface area contributed by atoms with E-state index in [1.165, 1.54) is 29.3 Å². The Labute approximate surface area is 129 Å². The molecule has 0 aliphatic heterocycles. The lowest BCUT2D eigenvalue weighted by molar-refractivity contribution is -0.142. The average molecular weight is 307 g/mol. The summed E-state index contributed by atoms with van der Waals surface area (Å²) in [5, 5.41) is 11.6. The molecule has 0 fully saturated rings. The largest absolute Gasteiger partial charge is 0.480 e. The molecular weight excluding hydrogens is 286 g/mol. The van der Waals surface area contributed by atoms with E-state index >= 15 is 0 Å². The first kappa shape index (κ1) is 15.9. The van der Waals surface area contributed by atoms with Crippen molar-refractivity contribution in [2.75, 3.05) is 5.75 Å². The summed E-state index contributed by atoms with van der Waals surface area (Å²) < 4.78 is 0. The number of carbonyl (C=O) groups excluding carboxylic acids is 1. The lowest BCUT2D eigenvalue weighted by Gasteiger charge is -2.17. The zero-order valence-corrected chi connectivity index (χ0v) is 13.2. The third-order valence-corrected chi connectivity index (χ3v) is 4.68. The van der Waals surface area contributed by atoms with Gasteiger partial charge in [0, 0.05) is 4.90 Å². The summed E-state index contributed by atoms with van der Waals surface area (Å²) in [6.07, 6.45) is 3.47. The van der Waals surface area contributed by atoms with Gasteiger partial charge in [0.1, 0.15) is 6.04 Å². The number of carboxylic acids is 1. The molecule has 1 aliphatic rings. The molecule has 2 rings (SSSR count). The summed E-state index contributed by atoms with van der Waals surface area (Å²) in [6, 6.07) is 5.51. The summed E-state index contributed by atoms with van der Waals surface area (Å²) >= 11 is 1.45. The van der Waals surface area contributed by atoms with Gasteiger partial charge in [-0.05, 0) is 48.4 Å². The Morgan fingerprint density at radius 2 is 2.00 bits per heavy atom. The summed E-state index contributed by atoms with van der Waals surface area (Å²) in [7, 11) is 0. The molecule has 114 valence electrons. The molecule has 0 spiro atoms. The fourth-order valence-corrected chi connectivity index (χ4v) is 3.29. The lowest BCUT2D eigenvalue weighted by atomic mass is 10.1. The normalized spacial score (nSPS) is 14.8. The van der Waals surface area contributed by atoms with Crippen molar-refractivity contribution in [1.82, 2.24) is 5.32 Å². The van der Waals surface area contributed by atoms with E-state index in [1.807, 2.05) is 6.07 Å². The Bertz CT molecular complexity index is 542. The van der Waals surface area contributed by atoms with E-state index in [4.69, 9.17) is 5.11 Å². The molecule has 0 heterocycles. The molecule has 0 saturated heterocycles. The number of amides is 1. The highest BCUT2D eigenvalue weighted by atomic mass is 32.2. The fraction of sp³-hybridized carbons (Fsp3) is 0.500. The second-order valence-corrected chi connectivity index (χ2v) is 6.75. The van der Waals surface area contributed by atoms with Crippen LogP contribution in [0.2, 0.25) is 0 Å². The average Bonchev–Trinajstić information content (AvgIpc) is 2.89. The van der Waals surface area contributed by atoms with Crippen molar-refractivity contribution in [2.24, 2.45) is 5.92 Å². The number of hydrogen-bond acceptors (Lipinski definition) is 3. The highest BCUT2D eigenvalue weighted by molar-refractivity contribution is 8.00. The van der Waals surface area contributed by atoms with Crippen molar-refractivity contribution in [2.45, 2.75) is 44.0 Å². The smallest absolute Gasteiger partial charge is 0.326 e. The van der Waals surface area contributed by atoms with Crippen LogP contribution in [0.1, 0.15) is 31.4 Å². The third-order valence-electron chi connectivity index (χ3n) is 3.69. The number of aliphatic carboxylic acids is 1. The number of aryl methyl sites for hydroxylation is 2. The second-order valence-electron chi connectivity index (χ2n) is 5.70. The monoisotopic (exact) mass is 307 g/mol. The van der Waals surface area contributed by atoms with Crippen LogP contribution in [-0.4, -0.2) is 28.8 Å². The maximum absolute atomic E-state index is 11.9. The molecule has 1 unspecified atom stereocenters. The van der Waals surface area contributed by atoms with Crippen molar-refractivity contribution < 1.29 is 14.7 Å². The van der Waals surface area contributed by atoms with Gasteiger partial charge in [0.15, 0.2) is 0 Å². The highest BCUT2D eigenvalue weighted by Crippen LogP contribution is 2.27. The molecule has 1 atom stereocenters. The van der Waals surface area contributed by atoms with E-state index in [0.29, 0.717) is 0 Å². The maximum atomic E-state index is 11.9. The number of fused-ring (bicyclic) bond motifs is 1. The minimum atomic E-state index is -0.985. The van der Waals surface area contributed by atoms with Crippen LogP contribution in [0.3, 0.4) is 0 Å². The number of benzene rings is 1. The number of hydrogen-bond donors (Lipinski definition) is 2. The lowest BCUT2D eigenvalue weighted by Crippen LogP contribution is -2.45. The number of carbonyl (C=O) groups is 2. The molecule has 0 saturated carbocycles. The summed E-state index contributed by atoms with van der Waals surface area (Å²) in [4.78, 5) is 24.0. The van der Waals surface area contributed by atoms with Crippen molar-refractivity contribution in [3.8, 4) is 0 Å².